The lowest BCUT2D eigenvalue weighted by Crippen LogP contribution is -2.19. The van der Waals surface area contributed by atoms with E-state index in [1.165, 1.54) is 6.20 Å². The molecule has 0 bridgehead atoms. The SMILES string of the molecule is CCCOc1ncc(C(C)(C)c2ccc(OCc3ccnc(NS(C)(=O)=O)n3)cc2)cc1Cl. The number of sulfonamides is 1. The van der Waals surface area contributed by atoms with Crippen molar-refractivity contribution in [1.29, 1.82) is 0 Å². The van der Waals surface area contributed by atoms with Crippen molar-refractivity contribution >= 4 is 27.6 Å². The topological polar surface area (TPSA) is 103 Å². The summed E-state index contributed by atoms with van der Waals surface area (Å²) >= 11 is 6.37. The fourth-order valence-corrected chi connectivity index (χ4v) is 3.71. The molecule has 1 aromatic carbocycles. The van der Waals surface area contributed by atoms with Gasteiger partial charge in [0.25, 0.3) is 0 Å². The fourth-order valence-electron chi connectivity index (χ4n) is 3.06. The zero-order valence-electron chi connectivity index (χ0n) is 19.0. The highest BCUT2D eigenvalue weighted by molar-refractivity contribution is 7.91. The molecule has 0 aliphatic rings. The Balaban J connectivity index is 1.68. The standard InChI is InChI=1S/C23H27ClN4O4S/c1-5-12-31-21-20(24)13-17(14-26-21)23(2,3)16-6-8-19(9-7-16)32-15-18-10-11-25-22(27-18)28-33(4,29)30/h6-11,13-14H,5,12,15H2,1-4H3,(H,25,27,28). The molecule has 3 aromatic rings. The Morgan fingerprint density at radius 3 is 2.42 bits per heavy atom. The molecule has 0 aliphatic carbocycles. The van der Waals surface area contributed by atoms with Gasteiger partial charge in [-0.05, 0) is 41.8 Å². The molecule has 1 N–H and O–H groups in total. The summed E-state index contributed by atoms with van der Waals surface area (Å²) in [6.07, 6.45) is 5.19. The van der Waals surface area contributed by atoms with Gasteiger partial charge in [-0.15, -0.1) is 0 Å². The van der Waals surface area contributed by atoms with Crippen LogP contribution in [-0.4, -0.2) is 36.2 Å². The first kappa shape index (κ1) is 24.7. The average Bonchev–Trinajstić information content (AvgIpc) is 2.76. The minimum Gasteiger partial charge on any atom is -0.487 e. The summed E-state index contributed by atoms with van der Waals surface area (Å²) < 4.78 is 36.3. The molecule has 3 rings (SSSR count). The van der Waals surface area contributed by atoms with E-state index < -0.39 is 10.0 Å². The number of pyridine rings is 1. The molecule has 0 atom stereocenters. The second kappa shape index (κ2) is 10.4. The molecule has 0 radical (unpaired) electrons. The van der Waals surface area contributed by atoms with E-state index in [1.807, 2.05) is 37.3 Å². The molecule has 2 heterocycles. The first-order chi connectivity index (χ1) is 15.6. The molecule has 0 amide bonds. The summed E-state index contributed by atoms with van der Waals surface area (Å²) in [5.41, 5.74) is 2.25. The summed E-state index contributed by atoms with van der Waals surface area (Å²) in [4.78, 5) is 12.4. The molecule has 0 unspecified atom stereocenters. The third-order valence-corrected chi connectivity index (χ3v) is 5.75. The van der Waals surface area contributed by atoms with E-state index in [-0.39, 0.29) is 18.0 Å². The zero-order valence-corrected chi connectivity index (χ0v) is 20.6. The van der Waals surface area contributed by atoms with Crippen molar-refractivity contribution in [3.63, 3.8) is 0 Å². The van der Waals surface area contributed by atoms with Gasteiger partial charge in [0.2, 0.25) is 21.9 Å². The van der Waals surface area contributed by atoms with E-state index >= 15 is 0 Å². The van der Waals surface area contributed by atoms with E-state index in [4.69, 9.17) is 21.1 Å². The van der Waals surface area contributed by atoms with Crippen LogP contribution in [0.3, 0.4) is 0 Å². The van der Waals surface area contributed by atoms with Gasteiger partial charge in [-0.2, -0.15) is 0 Å². The Hall–Kier alpha value is -2.91. The van der Waals surface area contributed by atoms with Crippen LogP contribution in [0, 0.1) is 0 Å². The van der Waals surface area contributed by atoms with Crippen molar-refractivity contribution in [3.05, 3.63) is 70.6 Å². The summed E-state index contributed by atoms with van der Waals surface area (Å²) in [7, 11) is -3.45. The number of nitrogens with zero attached hydrogens (tertiary/aromatic N) is 3. The van der Waals surface area contributed by atoms with Crippen molar-refractivity contribution in [2.75, 3.05) is 17.6 Å². The first-order valence-electron chi connectivity index (χ1n) is 10.4. The summed E-state index contributed by atoms with van der Waals surface area (Å²) in [6.45, 7) is 6.96. The normalized spacial score (nSPS) is 11.8. The number of anilines is 1. The highest BCUT2D eigenvalue weighted by atomic mass is 35.5. The van der Waals surface area contributed by atoms with Gasteiger partial charge < -0.3 is 9.47 Å². The lowest BCUT2D eigenvalue weighted by Gasteiger charge is -2.26. The second-order valence-corrected chi connectivity index (χ2v) is 10.2. The van der Waals surface area contributed by atoms with Crippen LogP contribution in [0.5, 0.6) is 11.6 Å². The van der Waals surface area contributed by atoms with E-state index in [2.05, 4.69) is 33.5 Å². The first-order valence-corrected chi connectivity index (χ1v) is 12.7. The van der Waals surface area contributed by atoms with Crippen molar-refractivity contribution < 1.29 is 17.9 Å². The maximum atomic E-state index is 11.3. The fraction of sp³-hybridized carbons (Fsp3) is 0.348. The van der Waals surface area contributed by atoms with E-state index in [0.29, 0.717) is 29.0 Å². The highest BCUT2D eigenvalue weighted by Gasteiger charge is 2.25. The van der Waals surface area contributed by atoms with Crippen LogP contribution in [0.4, 0.5) is 5.95 Å². The van der Waals surface area contributed by atoms with Gasteiger partial charge in [-0.3, -0.25) is 4.72 Å². The van der Waals surface area contributed by atoms with Crippen LogP contribution < -0.4 is 14.2 Å². The van der Waals surface area contributed by atoms with Crippen LogP contribution in [0.25, 0.3) is 0 Å². The summed E-state index contributed by atoms with van der Waals surface area (Å²) in [5, 5.41) is 0.489. The number of benzene rings is 1. The number of aromatic nitrogens is 3. The van der Waals surface area contributed by atoms with Crippen LogP contribution in [0.15, 0.2) is 48.8 Å². The molecule has 0 saturated carbocycles. The van der Waals surface area contributed by atoms with E-state index in [0.717, 1.165) is 23.8 Å². The highest BCUT2D eigenvalue weighted by Crippen LogP contribution is 2.35. The van der Waals surface area contributed by atoms with Gasteiger partial charge in [0.15, 0.2) is 0 Å². The van der Waals surface area contributed by atoms with Gasteiger partial charge in [-0.25, -0.2) is 23.4 Å². The third kappa shape index (κ3) is 6.79. The molecule has 176 valence electrons. The Morgan fingerprint density at radius 1 is 1.06 bits per heavy atom. The number of ether oxygens (including phenoxy) is 2. The van der Waals surface area contributed by atoms with E-state index in [9.17, 15) is 8.42 Å². The minimum atomic E-state index is -3.45. The monoisotopic (exact) mass is 490 g/mol. The van der Waals surface area contributed by atoms with Crippen molar-refractivity contribution in [2.45, 2.75) is 39.2 Å². The van der Waals surface area contributed by atoms with Crippen LogP contribution in [-0.2, 0) is 22.0 Å². The van der Waals surface area contributed by atoms with Crippen LogP contribution in [0.1, 0.15) is 44.0 Å². The molecule has 8 nitrogen and oxygen atoms in total. The van der Waals surface area contributed by atoms with Crippen molar-refractivity contribution in [3.8, 4) is 11.6 Å². The lowest BCUT2D eigenvalue weighted by atomic mass is 9.79. The molecule has 0 aliphatic heterocycles. The average molecular weight is 491 g/mol. The molecule has 33 heavy (non-hydrogen) atoms. The number of hydrogen-bond donors (Lipinski definition) is 1. The third-order valence-electron chi connectivity index (χ3n) is 4.92. The molecule has 10 heteroatoms. The Morgan fingerprint density at radius 2 is 1.79 bits per heavy atom. The zero-order chi connectivity index (χ0) is 24.1. The molecule has 0 fully saturated rings. The number of nitrogens with one attached hydrogen (secondary N) is 1. The lowest BCUT2D eigenvalue weighted by molar-refractivity contribution is 0.301. The molecular formula is C23H27ClN4O4S. The molecule has 0 spiro atoms. The van der Waals surface area contributed by atoms with Crippen molar-refractivity contribution in [1.82, 2.24) is 15.0 Å². The minimum absolute atomic E-state index is 0.00841. The van der Waals surface area contributed by atoms with Gasteiger partial charge in [0.1, 0.15) is 17.4 Å². The molecule has 0 saturated heterocycles. The Bertz CT molecular complexity index is 1200. The molecular weight excluding hydrogens is 464 g/mol. The second-order valence-electron chi connectivity index (χ2n) is 8.04. The quantitative estimate of drug-likeness (QED) is 0.443. The smallest absolute Gasteiger partial charge is 0.236 e. The largest absolute Gasteiger partial charge is 0.487 e. The summed E-state index contributed by atoms with van der Waals surface area (Å²) in [5.74, 6) is 1.11. The van der Waals surface area contributed by atoms with Gasteiger partial charge in [-0.1, -0.05) is 44.5 Å². The molecule has 2 aromatic heterocycles. The predicted molar refractivity (Wildman–Crippen MR) is 128 cm³/mol. The number of halogens is 1. The van der Waals surface area contributed by atoms with Crippen molar-refractivity contribution in [2.24, 2.45) is 0 Å². The van der Waals surface area contributed by atoms with Crippen LogP contribution in [0.2, 0.25) is 5.02 Å². The number of rotatable bonds is 10. The van der Waals surface area contributed by atoms with Gasteiger partial charge in [0.05, 0.1) is 18.6 Å². The van der Waals surface area contributed by atoms with Gasteiger partial charge >= 0.3 is 0 Å². The summed E-state index contributed by atoms with van der Waals surface area (Å²) in [6, 6.07) is 11.3. The maximum Gasteiger partial charge on any atom is 0.236 e. The Labute approximate surface area is 199 Å². The van der Waals surface area contributed by atoms with Crippen LogP contribution >= 0.6 is 11.6 Å². The van der Waals surface area contributed by atoms with Gasteiger partial charge in [0, 0.05) is 17.8 Å². The Kier molecular flexibility index (Phi) is 7.76. The maximum absolute atomic E-state index is 11.3. The number of hydrogen-bond acceptors (Lipinski definition) is 7. The predicted octanol–water partition coefficient (Wildman–Crippen LogP) is 4.59. The van der Waals surface area contributed by atoms with E-state index in [1.54, 1.807) is 12.3 Å².